The summed E-state index contributed by atoms with van der Waals surface area (Å²) in [6.07, 6.45) is 0. The second-order valence-corrected chi connectivity index (χ2v) is 4.86. The van der Waals surface area contributed by atoms with E-state index in [0.717, 1.165) is 28.8 Å². The quantitative estimate of drug-likeness (QED) is 0.819. The first kappa shape index (κ1) is 14.4. The van der Waals surface area contributed by atoms with Crippen LogP contribution in [0.15, 0.2) is 22.7 Å². The zero-order valence-corrected chi connectivity index (χ0v) is 12.5. The van der Waals surface area contributed by atoms with Crippen LogP contribution in [0.2, 0.25) is 0 Å². The second-order valence-electron chi connectivity index (χ2n) is 3.57. The molecule has 5 heteroatoms. The zero-order valence-electron chi connectivity index (χ0n) is 10.1. The van der Waals surface area contributed by atoms with Gasteiger partial charge in [0.05, 0.1) is 6.61 Å². The van der Waals surface area contributed by atoms with Crippen LogP contribution in [-0.4, -0.2) is 31.8 Å². The molecule has 0 aliphatic carbocycles. The number of anilines is 1. The summed E-state index contributed by atoms with van der Waals surface area (Å²) in [5.74, 6) is 0. The zero-order chi connectivity index (χ0) is 12.8. The Hall–Kier alpha value is -0.650. The molecule has 0 heterocycles. The van der Waals surface area contributed by atoms with Crippen molar-refractivity contribution in [2.45, 2.75) is 6.92 Å². The molecule has 0 aliphatic heterocycles. The maximum Gasteiger partial charge on any atom is 0.107 e. The fourth-order valence-corrected chi connectivity index (χ4v) is 2.59. The molecule has 2 N–H and O–H groups in total. The summed E-state index contributed by atoms with van der Waals surface area (Å²) in [5.41, 5.74) is 7.72. The van der Waals surface area contributed by atoms with E-state index in [-0.39, 0.29) is 0 Å². The van der Waals surface area contributed by atoms with E-state index in [1.165, 1.54) is 0 Å². The van der Waals surface area contributed by atoms with Crippen molar-refractivity contribution in [2.24, 2.45) is 5.73 Å². The van der Waals surface area contributed by atoms with Gasteiger partial charge in [-0.25, -0.2) is 0 Å². The van der Waals surface area contributed by atoms with Gasteiger partial charge in [0.15, 0.2) is 0 Å². The van der Waals surface area contributed by atoms with Crippen molar-refractivity contribution in [1.29, 1.82) is 0 Å². The predicted octanol–water partition coefficient (Wildman–Crippen LogP) is 2.56. The van der Waals surface area contributed by atoms with Gasteiger partial charge >= 0.3 is 0 Å². The molecule has 0 unspecified atom stereocenters. The Kier molecular flexibility index (Phi) is 5.88. The Morgan fingerprint density at radius 2 is 2.24 bits per heavy atom. The van der Waals surface area contributed by atoms with Crippen molar-refractivity contribution in [3.05, 3.63) is 28.2 Å². The van der Waals surface area contributed by atoms with E-state index in [9.17, 15) is 0 Å². The van der Waals surface area contributed by atoms with Gasteiger partial charge < -0.3 is 15.4 Å². The first-order valence-corrected chi connectivity index (χ1v) is 6.64. The molecule has 0 spiro atoms. The lowest BCUT2D eigenvalue weighted by atomic mass is 10.1. The third-order valence-electron chi connectivity index (χ3n) is 2.53. The van der Waals surface area contributed by atoms with Crippen molar-refractivity contribution in [3.8, 4) is 0 Å². The van der Waals surface area contributed by atoms with Crippen LogP contribution in [0, 0.1) is 0 Å². The monoisotopic (exact) mass is 316 g/mol. The fourth-order valence-electron chi connectivity index (χ4n) is 1.67. The molecular weight excluding hydrogens is 300 g/mol. The van der Waals surface area contributed by atoms with E-state index >= 15 is 0 Å². The van der Waals surface area contributed by atoms with Gasteiger partial charge in [0.2, 0.25) is 0 Å². The number of ether oxygens (including phenoxy) is 1. The number of methoxy groups -OCH3 is 1. The maximum atomic E-state index is 5.78. The molecule has 17 heavy (non-hydrogen) atoms. The van der Waals surface area contributed by atoms with Crippen LogP contribution >= 0.6 is 28.1 Å². The topological polar surface area (TPSA) is 38.5 Å². The van der Waals surface area contributed by atoms with Crippen LogP contribution in [-0.2, 0) is 4.74 Å². The molecule has 1 rings (SSSR count). The number of hydrogen-bond acceptors (Lipinski definition) is 3. The Bertz CT molecular complexity index is 398. The largest absolute Gasteiger partial charge is 0.389 e. The van der Waals surface area contributed by atoms with Crippen molar-refractivity contribution < 1.29 is 4.74 Å². The molecular formula is C12H17BrN2OS. The predicted molar refractivity (Wildman–Crippen MR) is 79.8 cm³/mol. The smallest absolute Gasteiger partial charge is 0.107 e. The second kappa shape index (κ2) is 6.93. The van der Waals surface area contributed by atoms with E-state index in [0.29, 0.717) is 11.6 Å². The number of hydrogen-bond donors (Lipinski definition) is 1. The summed E-state index contributed by atoms with van der Waals surface area (Å²) < 4.78 is 6.04. The molecule has 0 aliphatic rings. The van der Waals surface area contributed by atoms with Gasteiger partial charge in [-0.1, -0.05) is 18.3 Å². The Morgan fingerprint density at radius 3 is 2.76 bits per heavy atom. The van der Waals surface area contributed by atoms with Crippen LogP contribution in [0.1, 0.15) is 12.5 Å². The lowest BCUT2D eigenvalue weighted by Crippen LogP contribution is -2.29. The maximum absolute atomic E-state index is 5.78. The molecule has 1 aromatic rings. The van der Waals surface area contributed by atoms with Crippen LogP contribution in [0.5, 0.6) is 0 Å². The van der Waals surface area contributed by atoms with Crippen LogP contribution < -0.4 is 10.6 Å². The molecule has 0 bridgehead atoms. The number of halogens is 1. The van der Waals surface area contributed by atoms with Crippen molar-refractivity contribution in [2.75, 3.05) is 31.7 Å². The average molecular weight is 317 g/mol. The third kappa shape index (κ3) is 3.66. The molecule has 0 radical (unpaired) electrons. The highest BCUT2D eigenvalue weighted by atomic mass is 79.9. The summed E-state index contributed by atoms with van der Waals surface area (Å²) in [6.45, 7) is 4.48. The van der Waals surface area contributed by atoms with Crippen LogP contribution in [0.4, 0.5) is 5.69 Å². The van der Waals surface area contributed by atoms with E-state index < -0.39 is 0 Å². The highest BCUT2D eigenvalue weighted by Crippen LogP contribution is 2.27. The number of likely N-dealkylation sites (N-methyl/N-ethyl adjacent to an activating group) is 1. The molecule has 0 saturated carbocycles. The van der Waals surface area contributed by atoms with E-state index in [4.69, 9.17) is 22.7 Å². The van der Waals surface area contributed by atoms with Crippen LogP contribution in [0.25, 0.3) is 0 Å². The molecule has 0 atom stereocenters. The minimum atomic E-state index is 0.406. The standard InChI is InChI=1S/C12H17BrN2OS/c1-3-15(7-8-16-2)10-6-4-5-9(13)11(10)12(14)17/h4-6H,3,7-8H2,1-2H3,(H2,14,17). The lowest BCUT2D eigenvalue weighted by molar-refractivity contribution is 0.205. The lowest BCUT2D eigenvalue weighted by Gasteiger charge is -2.25. The minimum absolute atomic E-state index is 0.406. The Morgan fingerprint density at radius 1 is 1.53 bits per heavy atom. The number of nitrogens with two attached hydrogens (primary N) is 1. The molecule has 0 aromatic heterocycles. The first-order chi connectivity index (χ1) is 8.11. The summed E-state index contributed by atoms with van der Waals surface area (Å²) in [4.78, 5) is 2.60. The highest BCUT2D eigenvalue weighted by Gasteiger charge is 2.14. The molecule has 0 saturated heterocycles. The number of nitrogens with zero attached hydrogens (tertiary/aromatic N) is 1. The summed E-state index contributed by atoms with van der Waals surface area (Å²) >= 11 is 8.59. The molecule has 94 valence electrons. The van der Waals surface area contributed by atoms with Crippen molar-refractivity contribution in [1.82, 2.24) is 0 Å². The van der Waals surface area contributed by atoms with E-state index in [1.807, 2.05) is 18.2 Å². The number of thiocarbonyl (C=S) groups is 1. The number of rotatable bonds is 6. The van der Waals surface area contributed by atoms with E-state index in [2.05, 4.69) is 27.8 Å². The van der Waals surface area contributed by atoms with Crippen LogP contribution in [0.3, 0.4) is 0 Å². The van der Waals surface area contributed by atoms with Gasteiger partial charge in [-0.2, -0.15) is 0 Å². The summed E-state index contributed by atoms with van der Waals surface area (Å²) in [6, 6.07) is 5.96. The fraction of sp³-hybridized carbons (Fsp3) is 0.417. The molecule has 0 fully saturated rings. The first-order valence-electron chi connectivity index (χ1n) is 5.44. The molecule has 1 aromatic carbocycles. The third-order valence-corrected chi connectivity index (χ3v) is 3.39. The van der Waals surface area contributed by atoms with Gasteiger partial charge in [0.1, 0.15) is 4.99 Å². The average Bonchev–Trinajstić information content (AvgIpc) is 2.29. The molecule has 0 amide bonds. The van der Waals surface area contributed by atoms with Crippen molar-refractivity contribution in [3.63, 3.8) is 0 Å². The molecule has 3 nitrogen and oxygen atoms in total. The van der Waals surface area contributed by atoms with Gasteiger partial charge in [-0.3, -0.25) is 0 Å². The SMILES string of the molecule is CCN(CCOC)c1cccc(Br)c1C(N)=S. The van der Waals surface area contributed by atoms with Gasteiger partial charge in [0, 0.05) is 35.9 Å². The minimum Gasteiger partial charge on any atom is -0.389 e. The van der Waals surface area contributed by atoms with Gasteiger partial charge in [-0.05, 0) is 35.0 Å². The highest BCUT2D eigenvalue weighted by molar-refractivity contribution is 9.10. The van der Waals surface area contributed by atoms with Gasteiger partial charge in [-0.15, -0.1) is 0 Å². The summed E-state index contributed by atoms with van der Waals surface area (Å²) in [5, 5.41) is 0. The van der Waals surface area contributed by atoms with Gasteiger partial charge in [0.25, 0.3) is 0 Å². The Balaban J connectivity index is 3.09. The Labute approximate surface area is 116 Å². The van der Waals surface area contributed by atoms with Crippen molar-refractivity contribution >= 4 is 38.8 Å². The number of benzene rings is 1. The van der Waals surface area contributed by atoms with E-state index in [1.54, 1.807) is 7.11 Å². The summed E-state index contributed by atoms with van der Waals surface area (Å²) in [7, 11) is 1.70. The normalized spacial score (nSPS) is 10.3.